The van der Waals surface area contributed by atoms with Gasteiger partial charge in [-0.3, -0.25) is 35.9 Å². The van der Waals surface area contributed by atoms with E-state index in [0.717, 1.165) is 11.9 Å². The Hall–Kier alpha value is -5.01. The quantitative estimate of drug-likeness (QED) is 0.310. The van der Waals surface area contributed by atoms with Crippen LogP contribution in [0, 0.1) is 20.2 Å². The average Bonchev–Trinajstić information content (AvgIpc) is 3.29. The van der Waals surface area contributed by atoms with Crippen molar-refractivity contribution in [3.05, 3.63) is 80.1 Å². The van der Waals surface area contributed by atoms with Gasteiger partial charge in [-0.2, -0.15) is 0 Å². The summed E-state index contributed by atoms with van der Waals surface area (Å²) in [7, 11) is 0. The minimum absolute atomic E-state index is 0.0511. The van der Waals surface area contributed by atoms with Gasteiger partial charge in [0.1, 0.15) is 6.33 Å². The standard InChI is InChI=1S/C20H17N7O7/c28-17(8-12-1-4-14(5-2-12)26(29)30)24-25-20-18(27(31)32)19(22-10-23-20)21-9-13-3-6-15-16(7-13)34-11-33-15/h1-7,10H,8-9,11H2,(H,24,28)(H2,21,22,23,25). The van der Waals surface area contributed by atoms with Crippen LogP contribution in [0.1, 0.15) is 11.1 Å². The normalized spacial score (nSPS) is 11.5. The molecule has 0 fully saturated rings. The average molecular weight is 467 g/mol. The molecule has 1 amide bonds. The molecular formula is C20H17N7O7. The number of carbonyl (C=O) groups is 1. The van der Waals surface area contributed by atoms with Crippen LogP contribution < -0.4 is 25.6 Å². The molecule has 3 aromatic rings. The third-order valence-corrected chi connectivity index (χ3v) is 4.73. The Labute approximate surface area is 191 Å². The number of rotatable bonds is 9. The molecule has 174 valence electrons. The highest BCUT2D eigenvalue weighted by Gasteiger charge is 2.23. The molecule has 14 heteroatoms. The Kier molecular flexibility index (Phi) is 6.29. The zero-order valence-corrected chi connectivity index (χ0v) is 17.4. The number of aromatic nitrogens is 2. The Bertz CT molecular complexity index is 1250. The predicted molar refractivity (Wildman–Crippen MR) is 117 cm³/mol. The lowest BCUT2D eigenvalue weighted by molar-refractivity contribution is -0.384. The lowest BCUT2D eigenvalue weighted by Crippen LogP contribution is -2.31. The first-order valence-corrected chi connectivity index (χ1v) is 9.80. The summed E-state index contributed by atoms with van der Waals surface area (Å²) in [5.74, 6) is 0.397. The number of nitro benzene ring substituents is 1. The summed E-state index contributed by atoms with van der Waals surface area (Å²) in [5.41, 5.74) is 5.52. The highest BCUT2D eigenvalue weighted by molar-refractivity contribution is 5.81. The monoisotopic (exact) mass is 467 g/mol. The number of hydrogen-bond donors (Lipinski definition) is 3. The van der Waals surface area contributed by atoms with Gasteiger partial charge >= 0.3 is 5.69 Å². The molecule has 0 saturated carbocycles. The SMILES string of the molecule is O=C(Cc1ccc([N+](=O)[O-])cc1)NNc1ncnc(NCc2ccc3c(c2)OCO3)c1[N+](=O)[O-]. The molecule has 0 aliphatic carbocycles. The van der Waals surface area contributed by atoms with Crippen LogP contribution in [-0.2, 0) is 17.8 Å². The molecule has 2 aromatic carbocycles. The van der Waals surface area contributed by atoms with Gasteiger partial charge < -0.3 is 14.8 Å². The van der Waals surface area contributed by atoms with E-state index in [1.807, 2.05) is 0 Å². The maximum atomic E-state index is 12.2. The van der Waals surface area contributed by atoms with Crippen LogP contribution in [0.15, 0.2) is 48.8 Å². The van der Waals surface area contributed by atoms with Crippen LogP contribution in [-0.4, -0.2) is 32.5 Å². The number of nitrogens with one attached hydrogen (secondary N) is 3. The molecule has 0 spiro atoms. The molecule has 0 radical (unpaired) electrons. The van der Waals surface area contributed by atoms with Crippen LogP contribution in [0.3, 0.4) is 0 Å². The second-order valence-electron chi connectivity index (χ2n) is 6.99. The van der Waals surface area contributed by atoms with Crippen molar-refractivity contribution >= 4 is 28.9 Å². The van der Waals surface area contributed by atoms with Gasteiger partial charge in [0.05, 0.1) is 16.3 Å². The van der Waals surface area contributed by atoms with E-state index >= 15 is 0 Å². The van der Waals surface area contributed by atoms with Gasteiger partial charge in [0, 0.05) is 18.7 Å². The van der Waals surface area contributed by atoms with Crippen molar-refractivity contribution < 1.29 is 24.1 Å². The van der Waals surface area contributed by atoms with E-state index in [4.69, 9.17) is 9.47 Å². The Morgan fingerprint density at radius 3 is 2.38 bits per heavy atom. The van der Waals surface area contributed by atoms with E-state index in [-0.39, 0.29) is 37.1 Å². The number of benzene rings is 2. The van der Waals surface area contributed by atoms with E-state index in [9.17, 15) is 25.0 Å². The fourth-order valence-electron chi connectivity index (χ4n) is 3.10. The highest BCUT2D eigenvalue weighted by atomic mass is 16.7. The van der Waals surface area contributed by atoms with Crippen molar-refractivity contribution in [2.24, 2.45) is 0 Å². The summed E-state index contributed by atoms with van der Waals surface area (Å²) in [6.07, 6.45) is 0.999. The lowest BCUT2D eigenvalue weighted by atomic mass is 10.1. The maximum absolute atomic E-state index is 12.2. The van der Waals surface area contributed by atoms with Crippen molar-refractivity contribution in [1.82, 2.24) is 15.4 Å². The Morgan fingerprint density at radius 1 is 0.941 bits per heavy atom. The minimum Gasteiger partial charge on any atom is -0.454 e. The van der Waals surface area contributed by atoms with Crippen LogP contribution in [0.4, 0.5) is 23.0 Å². The summed E-state index contributed by atoms with van der Waals surface area (Å²) in [5, 5.41) is 25.3. The summed E-state index contributed by atoms with van der Waals surface area (Å²) in [4.78, 5) is 41.2. The largest absolute Gasteiger partial charge is 0.454 e. The summed E-state index contributed by atoms with van der Waals surface area (Å²) in [6.45, 7) is 0.342. The molecule has 0 atom stereocenters. The molecule has 1 aliphatic rings. The van der Waals surface area contributed by atoms with Gasteiger partial charge in [-0.1, -0.05) is 18.2 Å². The summed E-state index contributed by atoms with van der Waals surface area (Å²) < 4.78 is 10.6. The molecule has 1 aromatic heterocycles. The van der Waals surface area contributed by atoms with Crippen molar-refractivity contribution in [3.8, 4) is 11.5 Å². The fraction of sp³-hybridized carbons (Fsp3) is 0.150. The summed E-state index contributed by atoms with van der Waals surface area (Å²) in [6, 6.07) is 10.7. The van der Waals surface area contributed by atoms with Crippen molar-refractivity contribution in [1.29, 1.82) is 0 Å². The van der Waals surface area contributed by atoms with Crippen LogP contribution in [0.2, 0.25) is 0 Å². The van der Waals surface area contributed by atoms with Gasteiger partial charge in [-0.05, 0) is 23.3 Å². The Balaban J connectivity index is 1.40. The van der Waals surface area contributed by atoms with E-state index in [1.165, 1.54) is 24.3 Å². The third-order valence-electron chi connectivity index (χ3n) is 4.73. The minimum atomic E-state index is -0.674. The van der Waals surface area contributed by atoms with Crippen molar-refractivity contribution in [2.45, 2.75) is 13.0 Å². The molecule has 3 N–H and O–H groups in total. The van der Waals surface area contributed by atoms with E-state index in [2.05, 4.69) is 26.1 Å². The second-order valence-corrected chi connectivity index (χ2v) is 6.99. The zero-order valence-electron chi connectivity index (χ0n) is 17.4. The number of nitro groups is 2. The van der Waals surface area contributed by atoms with E-state index in [1.54, 1.807) is 18.2 Å². The first-order chi connectivity index (χ1) is 16.4. The van der Waals surface area contributed by atoms with Gasteiger partial charge in [0.15, 0.2) is 11.5 Å². The molecule has 4 rings (SSSR count). The first kappa shape index (κ1) is 22.2. The number of non-ortho nitro benzene ring substituents is 1. The third kappa shape index (κ3) is 5.07. The highest BCUT2D eigenvalue weighted by Crippen LogP contribution is 2.33. The smallest absolute Gasteiger partial charge is 0.354 e. The first-order valence-electron chi connectivity index (χ1n) is 9.80. The number of ether oxygens (including phenoxy) is 2. The Morgan fingerprint density at radius 2 is 1.65 bits per heavy atom. The molecule has 2 heterocycles. The molecule has 34 heavy (non-hydrogen) atoms. The van der Waals surface area contributed by atoms with Crippen molar-refractivity contribution in [3.63, 3.8) is 0 Å². The fourth-order valence-corrected chi connectivity index (χ4v) is 3.10. The predicted octanol–water partition coefficient (Wildman–Crippen LogP) is 2.32. The molecule has 0 unspecified atom stereocenters. The number of fused-ring (bicyclic) bond motifs is 1. The van der Waals surface area contributed by atoms with Gasteiger partial charge in [-0.25, -0.2) is 9.97 Å². The number of anilines is 2. The lowest BCUT2D eigenvalue weighted by Gasteiger charge is -2.11. The molecule has 0 bridgehead atoms. The molecule has 14 nitrogen and oxygen atoms in total. The number of nitrogens with zero attached hydrogens (tertiary/aromatic N) is 4. The number of hydrogen-bond acceptors (Lipinski definition) is 11. The molecule has 1 aliphatic heterocycles. The number of hydrazine groups is 1. The van der Waals surface area contributed by atoms with Crippen LogP contribution >= 0.6 is 0 Å². The van der Waals surface area contributed by atoms with Gasteiger partial charge in [-0.15, -0.1) is 0 Å². The van der Waals surface area contributed by atoms with Gasteiger partial charge in [0.2, 0.25) is 24.3 Å². The van der Waals surface area contributed by atoms with Crippen LogP contribution in [0.25, 0.3) is 0 Å². The summed E-state index contributed by atoms with van der Waals surface area (Å²) >= 11 is 0. The van der Waals surface area contributed by atoms with E-state index < -0.39 is 21.4 Å². The second kappa shape index (κ2) is 9.64. The number of amides is 1. The van der Waals surface area contributed by atoms with E-state index in [0.29, 0.717) is 17.1 Å². The molecular weight excluding hydrogens is 450 g/mol. The van der Waals surface area contributed by atoms with Crippen LogP contribution in [0.5, 0.6) is 11.5 Å². The topological polar surface area (TPSA) is 184 Å². The molecule has 0 saturated heterocycles. The van der Waals surface area contributed by atoms with Gasteiger partial charge in [0.25, 0.3) is 5.69 Å². The van der Waals surface area contributed by atoms with Crippen molar-refractivity contribution in [2.75, 3.05) is 17.5 Å². The zero-order chi connectivity index (χ0) is 24.1. The number of carbonyl (C=O) groups excluding carboxylic acids is 1. The maximum Gasteiger partial charge on any atom is 0.354 e.